The largest absolute Gasteiger partial charge is 0.302 e. The molecule has 1 aliphatic heterocycles. The van der Waals surface area contributed by atoms with Gasteiger partial charge in [0.2, 0.25) is 0 Å². The lowest BCUT2D eigenvalue weighted by Crippen LogP contribution is -2.32. The van der Waals surface area contributed by atoms with E-state index >= 15 is 0 Å². The van der Waals surface area contributed by atoms with Gasteiger partial charge in [0, 0.05) is 25.0 Å². The van der Waals surface area contributed by atoms with Crippen LogP contribution in [0.25, 0.3) is 0 Å². The molecule has 0 bridgehead atoms. The lowest BCUT2D eigenvalue weighted by atomic mass is 10.3. The number of hydrogen-bond acceptors (Lipinski definition) is 3. The predicted octanol–water partition coefficient (Wildman–Crippen LogP) is 2.14. The number of alkyl halides is 1. The van der Waals surface area contributed by atoms with Crippen LogP contribution in [0.5, 0.6) is 0 Å². The Morgan fingerprint density at radius 2 is 1.73 bits per heavy atom. The molecule has 1 fully saturated rings. The van der Waals surface area contributed by atoms with Gasteiger partial charge in [-0.05, 0) is 44.5 Å². The number of rotatable bonds is 6. The van der Waals surface area contributed by atoms with E-state index in [0.717, 1.165) is 5.33 Å². The minimum atomic E-state index is 1.11. The van der Waals surface area contributed by atoms with Crippen LogP contribution in [-0.4, -0.2) is 66.4 Å². The van der Waals surface area contributed by atoms with Gasteiger partial charge in [0.15, 0.2) is 0 Å². The summed E-state index contributed by atoms with van der Waals surface area (Å²) in [5, 5.41) is 1.11. The second-order valence-corrected chi connectivity index (χ2v) is 5.85. The molecule has 0 atom stereocenters. The highest BCUT2D eigenvalue weighted by Crippen LogP contribution is 2.05. The van der Waals surface area contributed by atoms with Gasteiger partial charge in [-0.25, -0.2) is 0 Å². The maximum atomic E-state index is 3.52. The molecule has 0 amide bonds. The van der Waals surface area contributed by atoms with Crippen molar-refractivity contribution in [2.24, 2.45) is 0 Å². The first-order valence-corrected chi connectivity index (χ1v) is 8.38. The zero-order valence-electron chi connectivity index (χ0n) is 9.75. The van der Waals surface area contributed by atoms with Crippen LogP contribution in [0.15, 0.2) is 0 Å². The molecule has 1 heterocycles. The molecule has 1 saturated heterocycles. The minimum absolute atomic E-state index is 1.11. The van der Waals surface area contributed by atoms with Crippen molar-refractivity contribution in [1.82, 2.24) is 9.80 Å². The summed E-state index contributed by atoms with van der Waals surface area (Å²) in [6, 6.07) is 0. The van der Waals surface area contributed by atoms with E-state index in [1.165, 1.54) is 57.9 Å². The third-order valence-electron chi connectivity index (χ3n) is 2.90. The fourth-order valence-electron chi connectivity index (χ4n) is 2.02. The van der Waals surface area contributed by atoms with Crippen LogP contribution in [0, 0.1) is 0 Å². The molecule has 0 radical (unpaired) electrons. The van der Waals surface area contributed by atoms with Crippen LogP contribution in [-0.2, 0) is 0 Å². The Labute approximate surface area is 107 Å². The van der Waals surface area contributed by atoms with E-state index in [2.05, 4.69) is 32.0 Å². The van der Waals surface area contributed by atoms with Crippen molar-refractivity contribution in [3.63, 3.8) is 0 Å². The molecule has 0 saturated carbocycles. The SMILES string of the molecule is CSCCCN1CCCN(CCBr)CC1. The molecule has 1 aliphatic rings. The van der Waals surface area contributed by atoms with E-state index in [1.807, 2.05) is 11.8 Å². The molecule has 90 valence electrons. The van der Waals surface area contributed by atoms with Crippen molar-refractivity contribution in [2.75, 3.05) is 56.6 Å². The van der Waals surface area contributed by atoms with Crippen LogP contribution >= 0.6 is 27.7 Å². The third-order valence-corrected chi connectivity index (χ3v) is 3.96. The van der Waals surface area contributed by atoms with Crippen molar-refractivity contribution >= 4 is 27.7 Å². The first kappa shape index (κ1) is 13.8. The van der Waals surface area contributed by atoms with Crippen LogP contribution in [0.2, 0.25) is 0 Å². The standard InChI is InChI=1S/C11H23BrN2S/c1-15-11-3-7-13-5-2-6-14(8-4-12)10-9-13/h2-11H2,1H3. The minimum Gasteiger partial charge on any atom is -0.302 e. The summed E-state index contributed by atoms with van der Waals surface area (Å²) < 4.78 is 0. The molecule has 0 aromatic heterocycles. The molecule has 2 nitrogen and oxygen atoms in total. The van der Waals surface area contributed by atoms with Gasteiger partial charge < -0.3 is 9.80 Å². The molecule has 0 aliphatic carbocycles. The summed E-state index contributed by atoms with van der Waals surface area (Å²) in [5.74, 6) is 1.31. The monoisotopic (exact) mass is 294 g/mol. The quantitative estimate of drug-likeness (QED) is 0.547. The van der Waals surface area contributed by atoms with Crippen molar-refractivity contribution in [3.05, 3.63) is 0 Å². The van der Waals surface area contributed by atoms with E-state index in [1.54, 1.807) is 0 Å². The maximum Gasteiger partial charge on any atom is 0.0159 e. The van der Waals surface area contributed by atoms with Gasteiger partial charge in [-0.15, -0.1) is 0 Å². The summed E-state index contributed by atoms with van der Waals surface area (Å²) in [6.45, 7) is 7.60. The fraction of sp³-hybridized carbons (Fsp3) is 1.00. The average Bonchev–Trinajstić information content (AvgIpc) is 2.45. The second kappa shape index (κ2) is 8.85. The average molecular weight is 295 g/mol. The molecule has 4 heteroatoms. The highest BCUT2D eigenvalue weighted by Gasteiger charge is 2.13. The second-order valence-electron chi connectivity index (χ2n) is 4.07. The van der Waals surface area contributed by atoms with E-state index in [0.29, 0.717) is 0 Å². The summed E-state index contributed by atoms with van der Waals surface area (Å²) in [4.78, 5) is 5.20. The number of nitrogens with zero attached hydrogens (tertiary/aromatic N) is 2. The van der Waals surface area contributed by atoms with Gasteiger partial charge in [0.1, 0.15) is 0 Å². The normalized spacial score (nSPS) is 20.4. The van der Waals surface area contributed by atoms with Crippen LogP contribution in [0.3, 0.4) is 0 Å². The maximum absolute atomic E-state index is 3.52. The van der Waals surface area contributed by atoms with Crippen LogP contribution in [0.1, 0.15) is 12.8 Å². The summed E-state index contributed by atoms with van der Waals surface area (Å²) in [6.07, 6.45) is 4.88. The van der Waals surface area contributed by atoms with Gasteiger partial charge in [0.05, 0.1) is 0 Å². The van der Waals surface area contributed by atoms with E-state index in [9.17, 15) is 0 Å². The molecule has 0 spiro atoms. The Morgan fingerprint density at radius 1 is 1.07 bits per heavy atom. The summed E-state index contributed by atoms with van der Waals surface area (Å²) in [5.41, 5.74) is 0. The molecular weight excluding hydrogens is 272 g/mol. The first-order chi connectivity index (χ1) is 7.36. The highest BCUT2D eigenvalue weighted by molar-refractivity contribution is 9.09. The number of thioether (sulfide) groups is 1. The Hall–Kier alpha value is 0.750. The van der Waals surface area contributed by atoms with Crippen LogP contribution in [0.4, 0.5) is 0 Å². The van der Waals surface area contributed by atoms with E-state index in [-0.39, 0.29) is 0 Å². The zero-order chi connectivity index (χ0) is 10.9. The number of halogens is 1. The van der Waals surface area contributed by atoms with Crippen molar-refractivity contribution < 1.29 is 0 Å². The molecule has 0 aromatic rings. The molecular formula is C11H23BrN2S. The van der Waals surface area contributed by atoms with E-state index in [4.69, 9.17) is 0 Å². The summed E-state index contributed by atoms with van der Waals surface area (Å²) >= 11 is 5.48. The Bertz CT molecular complexity index is 158. The molecule has 1 rings (SSSR count). The lowest BCUT2D eigenvalue weighted by Gasteiger charge is -2.20. The van der Waals surface area contributed by atoms with Crippen molar-refractivity contribution in [2.45, 2.75) is 12.8 Å². The molecule has 0 unspecified atom stereocenters. The first-order valence-electron chi connectivity index (χ1n) is 5.86. The van der Waals surface area contributed by atoms with Crippen molar-refractivity contribution in [3.8, 4) is 0 Å². The third kappa shape index (κ3) is 6.15. The van der Waals surface area contributed by atoms with Crippen LogP contribution < -0.4 is 0 Å². The van der Waals surface area contributed by atoms with Crippen molar-refractivity contribution in [1.29, 1.82) is 0 Å². The Balaban J connectivity index is 2.14. The zero-order valence-corrected chi connectivity index (χ0v) is 12.2. The molecule has 0 aromatic carbocycles. The van der Waals surface area contributed by atoms with Gasteiger partial charge in [0.25, 0.3) is 0 Å². The fourth-order valence-corrected chi connectivity index (χ4v) is 2.94. The summed E-state index contributed by atoms with van der Waals surface area (Å²) in [7, 11) is 0. The Kier molecular flexibility index (Phi) is 8.15. The number of hydrogen-bond donors (Lipinski definition) is 0. The Morgan fingerprint density at radius 3 is 2.33 bits per heavy atom. The van der Waals surface area contributed by atoms with Gasteiger partial charge in [-0.1, -0.05) is 15.9 Å². The van der Waals surface area contributed by atoms with Gasteiger partial charge in [-0.2, -0.15) is 11.8 Å². The van der Waals surface area contributed by atoms with Gasteiger partial charge in [-0.3, -0.25) is 0 Å². The smallest absolute Gasteiger partial charge is 0.0159 e. The molecule has 0 N–H and O–H groups in total. The highest BCUT2D eigenvalue weighted by atomic mass is 79.9. The topological polar surface area (TPSA) is 6.48 Å². The van der Waals surface area contributed by atoms with Gasteiger partial charge >= 0.3 is 0 Å². The lowest BCUT2D eigenvalue weighted by molar-refractivity contribution is 0.265. The van der Waals surface area contributed by atoms with E-state index < -0.39 is 0 Å². The molecule has 15 heavy (non-hydrogen) atoms. The predicted molar refractivity (Wildman–Crippen MR) is 74.3 cm³/mol.